The highest BCUT2D eigenvalue weighted by Gasteiger charge is 2.38. The molecule has 1 heterocycles. The van der Waals surface area contributed by atoms with E-state index in [4.69, 9.17) is 5.11 Å². The van der Waals surface area contributed by atoms with Crippen LogP contribution in [0.5, 0.6) is 5.75 Å². The number of hydrazone groups is 1. The van der Waals surface area contributed by atoms with Crippen molar-refractivity contribution in [2.45, 2.75) is 13.8 Å². The predicted molar refractivity (Wildman–Crippen MR) is 57.8 cm³/mol. The van der Waals surface area contributed by atoms with Crippen LogP contribution in [0.15, 0.2) is 17.2 Å². The number of nitrogens with zero attached hydrogens (tertiary/aromatic N) is 2. The fourth-order valence-corrected chi connectivity index (χ4v) is 1.44. The van der Waals surface area contributed by atoms with Crippen LogP contribution in [0, 0.1) is 17.0 Å². The van der Waals surface area contributed by atoms with Crippen LogP contribution in [0.3, 0.4) is 0 Å². The number of amides is 1. The molecule has 0 spiro atoms. The summed E-state index contributed by atoms with van der Waals surface area (Å²) in [7, 11) is 0. The largest absolute Gasteiger partial charge is 0.505 e. The van der Waals surface area contributed by atoms with Crippen LogP contribution in [0.2, 0.25) is 0 Å². The number of rotatable bonds is 1. The van der Waals surface area contributed by atoms with Gasteiger partial charge in [0.25, 0.3) is 5.91 Å². The van der Waals surface area contributed by atoms with Crippen molar-refractivity contribution < 1.29 is 18.7 Å². The van der Waals surface area contributed by atoms with Gasteiger partial charge in [-0.1, -0.05) is 0 Å². The minimum absolute atomic E-state index is 0.313. The van der Waals surface area contributed by atoms with E-state index in [-0.39, 0.29) is 5.69 Å². The average Bonchev–Trinajstić information content (AvgIpc) is 2.49. The van der Waals surface area contributed by atoms with Crippen LogP contribution in [0.4, 0.5) is 14.5 Å². The van der Waals surface area contributed by atoms with Crippen molar-refractivity contribution in [1.82, 2.24) is 0 Å². The third kappa shape index (κ3) is 1.75. The Balaban J connectivity index is 2.47. The highest BCUT2D eigenvalue weighted by Crippen LogP contribution is 2.32. The first kappa shape index (κ1) is 11.5. The van der Waals surface area contributed by atoms with Gasteiger partial charge in [-0.15, -0.1) is 0 Å². The van der Waals surface area contributed by atoms with Gasteiger partial charge in [0.1, 0.15) is 5.69 Å². The number of anilines is 1. The zero-order valence-corrected chi connectivity index (χ0v) is 9.24. The molecule has 0 bridgehead atoms. The van der Waals surface area contributed by atoms with E-state index >= 15 is 0 Å². The number of carbonyl (C=O) groups is 1. The predicted octanol–water partition coefficient (Wildman–Crippen LogP) is 2.03. The monoisotopic (exact) mass is 240 g/mol. The van der Waals surface area contributed by atoms with Crippen LogP contribution in [0.1, 0.15) is 13.8 Å². The highest BCUT2D eigenvalue weighted by molar-refractivity contribution is 6.11. The number of hydrogen-bond donors (Lipinski definition) is 1. The third-order valence-electron chi connectivity index (χ3n) is 2.48. The molecule has 0 fully saturated rings. The van der Waals surface area contributed by atoms with Gasteiger partial charge in [-0.05, 0) is 13.8 Å². The van der Waals surface area contributed by atoms with Crippen LogP contribution < -0.4 is 5.01 Å². The molecule has 0 radical (unpaired) electrons. The first-order valence-corrected chi connectivity index (χ1v) is 4.90. The van der Waals surface area contributed by atoms with Crippen molar-refractivity contribution in [3.05, 3.63) is 23.8 Å². The highest BCUT2D eigenvalue weighted by atomic mass is 19.1. The molecule has 1 aliphatic heterocycles. The zero-order chi connectivity index (χ0) is 12.8. The van der Waals surface area contributed by atoms with Crippen molar-refractivity contribution in [3.8, 4) is 5.75 Å². The van der Waals surface area contributed by atoms with Gasteiger partial charge < -0.3 is 5.11 Å². The Hall–Kier alpha value is -1.98. The van der Waals surface area contributed by atoms with Crippen LogP contribution in [-0.2, 0) is 4.79 Å². The molecule has 1 N–H and O–H groups in total. The zero-order valence-electron chi connectivity index (χ0n) is 9.24. The van der Waals surface area contributed by atoms with E-state index in [1.165, 1.54) is 6.21 Å². The summed E-state index contributed by atoms with van der Waals surface area (Å²) in [6.07, 6.45) is 1.36. The Morgan fingerprint density at radius 1 is 1.29 bits per heavy atom. The second-order valence-electron chi connectivity index (χ2n) is 4.34. The van der Waals surface area contributed by atoms with Gasteiger partial charge in [0.05, 0.1) is 5.41 Å². The molecule has 1 amide bonds. The maximum atomic E-state index is 13.5. The summed E-state index contributed by atoms with van der Waals surface area (Å²) < 4.78 is 26.6. The van der Waals surface area contributed by atoms with Crippen molar-refractivity contribution in [1.29, 1.82) is 0 Å². The molecule has 0 saturated heterocycles. The lowest BCUT2D eigenvalue weighted by molar-refractivity contribution is -0.122. The fourth-order valence-electron chi connectivity index (χ4n) is 1.44. The van der Waals surface area contributed by atoms with E-state index in [2.05, 4.69) is 5.10 Å². The van der Waals surface area contributed by atoms with Crippen molar-refractivity contribution in [2.75, 3.05) is 5.01 Å². The molecule has 1 aromatic rings. The van der Waals surface area contributed by atoms with Gasteiger partial charge in [-0.3, -0.25) is 4.79 Å². The molecular weight excluding hydrogens is 230 g/mol. The minimum atomic E-state index is -1.01. The van der Waals surface area contributed by atoms with Crippen molar-refractivity contribution >= 4 is 17.8 Å². The van der Waals surface area contributed by atoms with E-state index in [1.54, 1.807) is 13.8 Å². The number of phenolic OH excluding ortho intramolecular Hbond substituents is 1. The van der Waals surface area contributed by atoms with E-state index < -0.39 is 28.7 Å². The Kier molecular flexibility index (Phi) is 2.38. The number of phenols is 1. The van der Waals surface area contributed by atoms with Crippen LogP contribution in [-0.4, -0.2) is 17.2 Å². The van der Waals surface area contributed by atoms with E-state index in [1.807, 2.05) is 0 Å². The molecular formula is C11H10F2N2O2. The number of carbonyl (C=O) groups excluding carboxylic acids is 1. The Morgan fingerprint density at radius 3 is 2.47 bits per heavy atom. The van der Waals surface area contributed by atoms with Gasteiger partial charge >= 0.3 is 0 Å². The molecule has 2 rings (SSSR count). The Labute approximate surface area is 96.2 Å². The summed E-state index contributed by atoms with van der Waals surface area (Å²) in [6.45, 7) is 3.24. The maximum Gasteiger partial charge on any atom is 0.258 e. The standard InChI is InChI=1S/C11H10F2N2O2/c1-11(2)5-14-15(10(11)17)8-3-7(13)9(16)4-6(8)12/h3-5,16H,1-2H3. The molecule has 0 aromatic heterocycles. The summed E-state index contributed by atoms with van der Waals surface area (Å²) in [5, 5.41) is 13.5. The minimum Gasteiger partial charge on any atom is -0.505 e. The molecule has 17 heavy (non-hydrogen) atoms. The SMILES string of the molecule is CC1(C)C=NN(c2cc(F)c(O)cc2F)C1=O. The molecule has 0 atom stereocenters. The Bertz CT molecular complexity index is 526. The lowest BCUT2D eigenvalue weighted by atomic mass is 9.95. The quantitative estimate of drug-likeness (QED) is 0.816. The molecule has 0 saturated carbocycles. The first-order valence-electron chi connectivity index (χ1n) is 4.90. The van der Waals surface area contributed by atoms with Crippen molar-refractivity contribution in [3.63, 3.8) is 0 Å². The second kappa shape index (κ2) is 3.51. The summed E-state index contributed by atoms with van der Waals surface area (Å²) in [4.78, 5) is 11.8. The van der Waals surface area contributed by atoms with Gasteiger partial charge in [0, 0.05) is 18.3 Å². The van der Waals surface area contributed by atoms with Gasteiger partial charge in [0.2, 0.25) is 0 Å². The third-order valence-corrected chi connectivity index (χ3v) is 2.48. The number of aromatic hydroxyl groups is 1. The van der Waals surface area contributed by atoms with Gasteiger partial charge in [-0.25, -0.2) is 8.78 Å². The summed E-state index contributed by atoms with van der Waals surface area (Å²) >= 11 is 0. The normalized spacial score (nSPS) is 17.9. The molecule has 90 valence electrons. The second-order valence-corrected chi connectivity index (χ2v) is 4.34. The molecule has 1 aliphatic rings. The molecule has 0 aliphatic carbocycles. The lowest BCUT2D eigenvalue weighted by Gasteiger charge is -2.18. The number of hydrogen-bond acceptors (Lipinski definition) is 3. The van der Waals surface area contributed by atoms with Gasteiger partial charge in [0.15, 0.2) is 17.4 Å². The first-order chi connectivity index (χ1) is 7.83. The Morgan fingerprint density at radius 2 is 1.94 bits per heavy atom. The lowest BCUT2D eigenvalue weighted by Crippen LogP contribution is -2.32. The van der Waals surface area contributed by atoms with E-state index in [0.717, 1.165) is 11.1 Å². The number of benzene rings is 1. The molecule has 0 unspecified atom stereocenters. The number of halogens is 2. The average molecular weight is 240 g/mol. The van der Waals surface area contributed by atoms with Gasteiger partial charge in [-0.2, -0.15) is 10.1 Å². The van der Waals surface area contributed by atoms with Crippen LogP contribution >= 0.6 is 0 Å². The summed E-state index contributed by atoms with van der Waals surface area (Å²) in [6, 6.07) is 1.35. The molecule has 4 nitrogen and oxygen atoms in total. The summed E-state index contributed by atoms with van der Waals surface area (Å²) in [5.74, 6) is -3.18. The van der Waals surface area contributed by atoms with Crippen LogP contribution in [0.25, 0.3) is 0 Å². The molecule has 6 heteroatoms. The van der Waals surface area contributed by atoms with Crippen molar-refractivity contribution in [2.24, 2.45) is 10.5 Å². The fraction of sp³-hybridized carbons (Fsp3) is 0.273. The molecule has 1 aromatic carbocycles. The smallest absolute Gasteiger partial charge is 0.258 e. The van der Waals surface area contributed by atoms with E-state index in [9.17, 15) is 13.6 Å². The maximum absolute atomic E-state index is 13.5. The summed E-state index contributed by atoms with van der Waals surface area (Å²) in [5.41, 5.74) is -1.16. The topological polar surface area (TPSA) is 52.9 Å². The van der Waals surface area contributed by atoms with E-state index in [0.29, 0.717) is 6.07 Å².